The van der Waals surface area contributed by atoms with Gasteiger partial charge in [0.05, 0.1) is 12.8 Å². The minimum Gasteiger partial charge on any atom is -0.481 e. The fourth-order valence-corrected chi connectivity index (χ4v) is 9.46. The zero-order valence-electron chi connectivity index (χ0n) is 27.4. The van der Waals surface area contributed by atoms with Gasteiger partial charge in [0.15, 0.2) is 0 Å². The van der Waals surface area contributed by atoms with Crippen LogP contribution >= 0.6 is 0 Å². The van der Waals surface area contributed by atoms with Gasteiger partial charge in [-0.15, -0.1) is 0 Å². The molecule has 8 atom stereocenters. The highest BCUT2D eigenvalue weighted by atomic mass is 16.5. The fraction of sp³-hybridized carbons (Fsp3) is 0.889. The number of hydrogen-bond donors (Lipinski definition) is 2. The Hall–Kier alpha value is -1.36. The Kier molecular flexibility index (Phi) is 12.4. The van der Waals surface area contributed by atoms with Gasteiger partial charge in [-0.05, 0) is 104 Å². The molecule has 236 valence electrons. The number of rotatable bonds is 11. The Bertz CT molecular complexity index is 892. The lowest BCUT2D eigenvalue weighted by Crippen LogP contribution is -2.51. The van der Waals surface area contributed by atoms with E-state index in [1.165, 1.54) is 56.9 Å². The third kappa shape index (κ3) is 8.39. The first-order chi connectivity index (χ1) is 19.3. The Morgan fingerprint density at radius 2 is 1.63 bits per heavy atom. The summed E-state index contributed by atoms with van der Waals surface area (Å²) in [6, 6.07) is 0. The van der Waals surface area contributed by atoms with E-state index < -0.39 is 5.97 Å². The van der Waals surface area contributed by atoms with E-state index in [1.807, 2.05) is 0 Å². The monoisotopic (exact) mass is 574 g/mol. The second-order valence-corrected chi connectivity index (χ2v) is 15.4. The van der Waals surface area contributed by atoms with E-state index in [2.05, 4.69) is 54.5 Å². The van der Waals surface area contributed by atoms with Gasteiger partial charge in [0, 0.05) is 13.0 Å². The lowest BCUT2D eigenvalue weighted by molar-refractivity contribution is -0.154. The molecule has 4 aliphatic rings. The summed E-state index contributed by atoms with van der Waals surface area (Å²) in [4.78, 5) is 22.9. The van der Waals surface area contributed by atoms with Crippen molar-refractivity contribution in [3.8, 4) is 0 Å². The average Bonchev–Trinajstić information content (AvgIpc) is 3.25. The first kappa shape index (κ1) is 34.1. The van der Waals surface area contributed by atoms with Crippen LogP contribution in [0.3, 0.4) is 0 Å². The number of carboxylic acids is 1. The van der Waals surface area contributed by atoms with Gasteiger partial charge in [-0.3, -0.25) is 9.59 Å². The van der Waals surface area contributed by atoms with Gasteiger partial charge in [0.1, 0.15) is 6.10 Å². The number of ether oxygens (including phenoxy) is 1. The highest BCUT2D eigenvalue weighted by Gasteiger charge is 2.59. The molecular weight excluding hydrogens is 512 g/mol. The van der Waals surface area contributed by atoms with Gasteiger partial charge in [-0.25, -0.2) is 0 Å². The number of aliphatic carboxylic acids is 1. The number of aliphatic hydroxyl groups is 1. The van der Waals surface area contributed by atoms with Crippen LogP contribution in [0.25, 0.3) is 0 Å². The molecule has 41 heavy (non-hydrogen) atoms. The Balaban J connectivity index is 0.000000696. The van der Waals surface area contributed by atoms with Crippen LogP contribution in [0.5, 0.6) is 0 Å². The molecule has 0 radical (unpaired) electrons. The Morgan fingerprint density at radius 1 is 0.927 bits per heavy atom. The van der Waals surface area contributed by atoms with Crippen molar-refractivity contribution >= 4 is 11.9 Å². The molecular formula is C36H62O5. The molecule has 4 aliphatic carbocycles. The van der Waals surface area contributed by atoms with Crippen molar-refractivity contribution in [1.82, 2.24) is 0 Å². The van der Waals surface area contributed by atoms with Crippen LogP contribution in [-0.2, 0) is 14.3 Å². The summed E-state index contributed by atoms with van der Waals surface area (Å²) in [5.41, 5.74) is 2.27. The molecule has 0 spiro atoms. The van der Waals surface area contributed by atoms with E-state index in [0.29, 0.717) is 17.9 Å². The molecule has 0 bridgehead atoms. The van der Waals surface area contributed by atoms with Crippen molar-refractivity contribution < 1.29 is 24.5 Å². The van der Waals surface area contributed by atoms with Crippen LogP contribution in [0.1, 0.15) is 138 Å². The summed E-state index contributed by atoms with van der Waals surface area (Å²) in [6.07, 6.45) is 17.0. The van der Waals surface area contributed by atoms with E-state index in [4.69, 9.17) is 14.9 Å². The predicted molar refractivity (Wildman–Crippen MR) is 166 cm³/mol. The topological polar surface area (TPSA) is 83.8 Å². The number of fused-ring (bicyclic) bond motifs is 5. The van der Waals surface area contributed by atoms with Crippen LogP contribution in [-0.4, -0.2) is 34.9 Å². The molecule has 3 fully saturated rings. The average molecular weight is 575 g/mol. The molecule has 5 nitrogen and oxygen atoms in total. The van der Waals surface area contributed by atoms with Crippen LogP contribution < -0.4 is 0 Å². The maximum Gasteiger partial charge on any atom is 0.306 e. The van der Waals surface area contributed by atoms with Gasteiger partial charge < -0.3 is 14.9 Å². The zero-order valence-corrected chi connectivity index (χ0v) is 27.4. The van der Waals surface area contributed by atoms with Gasteiger partial charge >= 0.3 is 11.9 Å². The Labute approximate surface area is 251 Å². The molecule has 0 saturated heterocycles. The molecule has 0 heterocycles. The number of carboxylic acid groups (broad SMARTS) is 1. The minimum atomic E-state index is -0.942. The van der Waals surface area contributed by atoms with Crippen molar-refractivity contribution in [1.29, 1.82) is 0 Å². The summed E-state index contributed by atoms with van der Waals surface area (Å²) in [7, 11) is 0. The number of esters is 1. The van der Waals surface area contributed by atoms with Gasteiger partial charge in [-0.1, -0.05) is 79.4 Å². The van der Waals surface area contributed by atoms with Crippen LogP contribution in [0, 0.1) is 52.3 Å². The van der Waals surface area contributed by atoms with Crippen LogP contribution in [0.4, 0.5) is 0 Å². The van der Waals surface area contributed by atoms with Crippen molar-refractivity contribution in [2.24, 2.45) is 52.3 Å². The summed E-state index contributed by atoms with van der Waals surface area (Å²) in [6.45, 7) is 16.9. The van der Waals surface area contributed by atoms with E-state index >= 15 is 0 Å². The SMILES string of the molecule is CC(C)CCCC(C)C1CCC2C3CC=C4CC(OC(=O)CCC(=O)O)CCC4(C)C3CCC12C.CC(C)CCO. The van der Waals surface area contributed by atoms with Crippen molar-refractivity contribution in [3.63, 3.8) is 0 Å². The smallest absolute Gasteiger partial charge is 0.306 e. The van der Waals surface area contributed by atoms with E-state index in [0.717, 1.165) is 61.2 Å². The van der Waals surface area contributed by atoms with Gasteiger partial charge in [0.25, 0.3) is 0 Å². The maximum atomic E-state index is 12.1. The number of aliphatic hydroxyl groups excluding tert-OH is 1. The summed E-state index contributed by atoms with van der Waals surface area (Å²) in [5, 5.41) is 17.1. The fourth-order valence-electron chi connectivity index (χ4n) is 9.46. The van der Waals surface area contributed by atoms with Crippen molar-refractivity contribution in [2.75, 3.05) is 6.61 Å². The molecule has 5 heteroatoms. The molecule has 2 N–H and O–H groups in total. The minimum absolute atomic E-state index is 0.0236. The van der Waals surface area contributed by atoms with E-state index in [-0.39, 0.29) is 30.3 Å². The lowest BCUT2D eigenvalue weighted by Gasteiger charge is -2.58. The van der Waals surface area contributed by atoms with Crippen LogP contribution in [0.2, 0.25) is 0 Å². The van der Waals surface area contributed by atoms with Crippen LogP contribution in [0.15, 0.2) is 11.6 Å². The molecule has 0 aromatic heterocycles. The third-order valence-corrected chi connectivity index (χ3v) is 11.8. The number of allylic oxidation sites excluding steroid dienone is 1. The van der Waals surface area contributed by atoms with E-state index in [9.17, 15) is 9.59 Å². The van der Waals surface area contributed by atoms with Crippen molar-refractivity contribution in [3.05, 3.63) is 11.6 Å². The third-order valence-electron chi connectivity index (χ3n) is 11.8. The normalized spacial score (nSPS) is 35.0. The highest BCUT2D eigenvalue weighted by Crippen LogP contribution is 2.67. The van der Waals surface area contributed by atoms with Gasteiger partial charge in [-0.2, -0.15) is 0 Å². The first-order valence-electron chi connectivity index (χ1n) is 17.0. The van der Waals surface area contributed by atoms with E-state index in [1.54, 1.807) is 0 Å². The van der Waals surface area contributed by atoms with Gasteiger partial charge in [0.2, 0.25) is 0 Å². The largest absolute Gasteiger partial charge is 0.481 e. The number of hydrogen-bond acceptors (Lipinski definition) is 4. The number of carbonyl (C=O) groups is 2. The molecule has 3 saturated carbocycles. The standard InChI is InChI=1S/C31H50O4.C5H12O/c1-20(2)7-6-8-21(3)25-11-12-26-24-10-9-22-19-23(35-29(34)14-13-28(32)33)15-17-30(22,4)27(24)16-18-31(25,26)5;1-5(2)3-4-6/h9,20-21,23-27H,6-8,10-19H2,1-5H3,(H,32,33);5-6H,3-4H2,1-2H3. The molecule has 4 rings (SSSR count). The molecule has 0 aromatic rings. The molecule has 8 unspecified atom stereocenters. The second kappa shape index (κ2) is 14.9. The summed E-state index contributed by atoms with van der Waals surface area (Å²) in [5.74, 6) is 4.33. The quantitative estimate of drug-likeness (QED) is 0.190. The maximum absolute atomic E-state index is 12.1. The highest BCUT2D eigenvalue weighted by molar-refractivity contribution is 5.76. The molecule has 0 aliphatic heterocycles. The summed E-state index contributed by atoms with van der Waals surface area (Å²) >= 11 is 0. The zero-order chi connectivity index (χ0) is 30.4. The Morgan fingerprint density at radius 3 is 2.24 bits per heavy atom. The predicted octanol–water partition coefficient (Wildman–Crippen LogP) is 8.83. The van der Waals surface area contributed by atoms with Crippen molar-refractivity contribution in [2.45, 2.75) is 144 Å². The molecule has 0 aromatic carbocycles. The summed E-state index contributed by atoms with van der Waals surface area (Å²) < 4.78 is 5.70. The first-order valence-corrected chi connectivity index (χ1v) is 17.0. The lowest BCUT2D eigenvalue weighted by atomic mass is 9.47. The number of carbonyl (C=O) groups excluding carboxylic acids is 1. The molecule has 0 amide bonds. The second-order valence-electron chi connectivity index (χ2n) is 15.4.